The van der Waals surface area contributed by atoms with E-state index in [2.05, 4.69) is 24.2 Å². The first-order chi connectivity index (χ1) is 15.4. The van der Waals surface area contributed by atoms with Crippen molar-refractivity contribution in [1.82, 2.24) is 4.90 Å². The van der Waals surface area contributed by atoms with Crippen LogP contribution >= 0.6 is 0 Å². The van der Waals surface area contributed by atoms with E-state index in [9.17, 15) is 9.59 Å². The van der Waals surface area contributed by atoms with Crippen molar-refractivity contribution in [2.24, 2.45) is 16.5 Å². The summed E-state index contributed by atoms with van der Waals surface area (Å²) in [6.07, 6.45) is 3.91. The number of amides is 2. The van der Waals surface area contributed by atoms with Crippen molar-refractivity contribution in [2.45, 2.75) is 39.7 Å². The number of aliphatic imine (C=N–C) groups is 1. The van der Waals surface area contributed by atoms with Crippen LogP contribution in [0, 0.1) is 0 Å². The van der Waals surface area contributed by atoms with Gasteiger partial charge in [0.15, 0.2) is 0 Å². The van der Waals surface area contributed by atoms with Gasteiger partial charge in [0.05, 0.1) is 5.69 Å². The highest BCUT2D eigenvalue weighted by Crippen LogP contribution is 2.29. The van der Waals surface area contributed by atoms with E-state index in [1.54, 1.807) is 18.2 Å². The van der Waals surface area contributed by atoms with E-state index < -0.39 is 0 Å². The number of amidine groups is 1. The van der Waals surface area contributed by atoms with Gasteiger partial charge in [-0.3, -0.25) is 9.59 Å². The molecule has 1 heterocycles. The summed E-state index contributed by atoms with van der Waals surface area (Å²) in [7, 11) is 0. The zero-order valence-electron chi connectivity index (χ0n) is 18.7. The molecule has 1 aliphatic rings. The van der Waals surface area contributed by atoms with Gasteiger partial charge in [-0.2, -0.15) is 0 Å². The number of nitrogens with zero attached hydrogens (tertiary/aromatic N) is 2. The fourth-order valence-electron chi connectivity index (χ4n) is 3.65. The first-order valence-corrected chi connectivity index (χ1v) is 11.0. The molecule has 0 aromatic heterocycles. The average molecular weight is 434 g/mol. The quantitative estimate of drug-likeness (QED) is 0.587. The first-order valence-electron chi connectivity index (χ1n) is 11.0. The van der Waals surface area contributed by atoms with Gasteiger partial charge in [0, 0.05) is 48.4 Å². The maximum atomic E-state index is 13.1. The molecule has 7 nitrogen and oxygen atoms in total. The molecule has 0 atom stereocenters. The van der Waals surface area contributed by atoms with E-state index in [-0.39, 0.29) is 18.2 Å². The molecule has 1 aliphatic heterocycles. The van der Waals surface area contributed by atoms with Gasteiger partial charge in [-0.1, -0.05) is 32.0 Å². The van der Waals surface area contributed by atoms with Crippen LogP contribution in [0.25, 0.3) is 6.08 Å². The Bertz CT molecular complexity index is 1030. The zero-order valence-corrected chi connectivity index (χ0v) is 18.7. The van der Waals surface area contributed by atoms with Gasteiger partial charge >= 0.3 is 0 Å². The van der Waals surface area contributed by atoms with Crippen molar-refractivity contribution in [1.29, 1.82) is 0 Å². The molecule has 0 saturated heterocycles. The third-order valence-electron chi connectivity index (χ3n) is 5.25. The van der Waals surface area contributed by atoms with Gasteiger partial charge in [-0.05, 0) is 48.7 Å². The van der Waals surface area contributed by atoms with Gasteiger partial charge in [0.2, 0.25) is 5.91 Å². The van der Waals surface area contributed by atoms with Crippen LogP contribution in [0.3, 0.4) is 0 Å². The second kappa shape index (κ2) is 10.7. The van der Waals surface area contributed by atoms with Crippen molar-refractivity contribution in [3.8, 4) is 0 Å². The molecule has 7 heteroatoms. The van der Waals surface area contributed by atoms with Crippen LogP contribution in [0.1, 0.15) is 54.6 Å². The Hall–Kier alpha value is -3.45. The van der Waals surface area contributed by atoms with Gasteiger partial charge in [-0.15, -0.1) is 0 Å². The topological polar surface area (TPSA) is 114 Å². The molecule has 0 spiro atoms. The predicted octanol–water partition coefficient (Wildman–Crippen LogP) is 3.82. The molecule has 32 heavy (non-hydrogen) atoms. The Morgan fingerprint density at radius 1 is 1.06 bits per heavy atom. The minimum absolute atomic E-state index is 0.0116. The minimum Gasteiger partial charge on any atom is -0.387 e. The zero-order chi connectivity index (χ0) is 23.1. The predicted molar refractivity (Wildman–Crippen MR) is 130 cm³/mol. The van der Waals surface area contributed by atoms with Crippen LogP contribution in [0.2, 0.25) is 0 Å². The molecule has 0 unspecified atom stereocenters. The Kier molecular flexibility index (Phi) is 7.78. The highest BCUT2D eigenvalue weighted by molar-refractivity contribution is 6.07. The number of hydrogen-bond acceptors (Lipinski definition) is 5. The molecule has 2 aromatic carbocycles. The third kappa shape index (κ3) is 5.62. The summed E-state index contributed by atoms with van der Waals surface area (Å²) in [5.74, 6) is 0.0948. The highest BCUT2D eigenvalue weighted by atomic mass is 16.2. The number of nitrogens with two attached hydrogens (primary N) is 2. The lowest BCUT2D eigenvalue weighted by atomic mass is 10.0. The largest absolute Gasteiger partial charge is 0.387 e. The summed E-state index contributed by atoms with van der Waals surface area (Å²) in [5, 5.41) is 2.88. The lowest BCUT2D eigenvalue weighted by molar-refractivity contribution is -0.127. The molecule has 0 bridgehead atoms. The van der Waals surface area contributed by atoms with E-state index in [0.717, 1.165) is 24.0 Å². The lowest BCUT2D eigenvalue weighted by Gasteiger charge is -2.22. The molecule has 0 aliphatic carbocycles. The molecular weight excluding hydrogens is 402 g/mol. The number of nitrogens with one attached hydrogen (secondary N) is 1. The lowest BCUT2D eigenvalue weighted by Crippen LogP contribution is -2.34. The van der Waals surface area contributed by atoms with Crippen LogP contribution in [-0.4, -0.2) is 35.6 Å². The maximum absolute atomic E-state index is 13.1. The van der Waals surface area contributed by atoms with Crippen LogP contribution in [-0.2, 0) is 11.3 Å². The summed E-state index contributed by atoms with van der Waals surface area (Å²) < 4.78 is 0. The van der Waals surface area contributed by atoms with Crippen LogP contribution in [0.4, 0.5) is 11.4 Å². The van der Waals surface area contributed by atoms with Crippen molar-refractivity contribution in [2.75, 3.05) is 18.4 Å². The summed E-state index contributed by atoms with van der Waals surface area (Å²) in [5.41, 5.74) is 15.8. The molecule has 0 radical (unpaired) electrons. The normalized spacial score (nSPS) is 12.8. The summed E-state index contributed by atoms with van der Waals surface area (Å²) in [4.78, 5) is 32.2. The van der Waals surface area contributed by atoms with Crippen molar-refractivity contribution >= 4 is 35.1 Å². The monoisotopic (exact) mass is 433 g/mol. The molecule has 3 rings (SSSR count). The van der Waals surface area contributed by atoms with Gasteiger partial charge < -0.3 is 21.7 Å². The average Bonchev–Trinajstić information content (AvgIpc) is 2.96. The first kappa shape index (κ1) is 23.2. The van der Waals surface area contributed by atoms with Crippen molar-refractivity contribution in [3.05, 3.63) is 64.7 Å². The third-order valence-corrected chi connectivity index (χ3v) is 5.25. The fraction of sp³-hybridized carbons (Fsp3) is 0.320. The smallest absolute Gasteiger partial charge is 0.255 e. The van der Waals surface area contributed by atoms with E-state index in [1.807, 2.05) is 35.2 Å². The standard InChI is InChI=1S/C25H31N5O2/c1-3-11-30(12-4-2)25(32)20-13-18-7-8-19(14-22(18)29-23(27)15-20)24(31)28-21-9-5-17(16-26)6-10-21/h5-10,13-14H,3-4,11-12,15-16,26H2,1-2H3,(H2,27,29)(H,28,31). The Labute approximate surface area is 189 Å². The highest BCUT2D eigenvalue weighted by Gasteiger charge is 2.21. The minimum atomic E-state index is -0.247. The number of anilines is 1. The fourth-order valence-corrected chi connectivity index (χ4v) is 3.65. The van der Waals surface area contributed by atoms with Crippen LogP contribution < -0.4 is 16.8 Å². The van der Waals surface area contributed by atoms with Crippen molar-refractivity contribution in [3.63, 3.8) is 0 Å². The van der Waals surface area contributed by atoms with Gasteiger partial charge in [0.1, 0.15) is 5.84 Å². The number of hydrogen-bond donors (Lipinski definition) is 3. The van der Waals surface area contributed by atoms with Crippen LogP contribution in [0.5, 0.6) is 0 Å². The molecular formula is C25H31N5O2. The molecule has 5 N–H and O–H groups in total. The Morgan fingerprint density at radius 2 is 1.75 bits per heavy atom. The maximum Gasteiger partial charge on any atom is 0.255 e. The van der Waals surface area contributed by atoms with E-state index in [1.165, 1.54) is 0 Å². The van der Waals surface area contributed by atoms with Crippen molar-refractivity contribution < 1.29 is 9.59 Å². The molecule has 2 aromatic rings. The Morgan fingerprint density at radius 3 is 2.38 bits per heavy atom. The van der Waals surface area contributed by atoms with Crippen LogP contribution in [0.15, 0.2) is 53.0 Å². The summed E-state index contributed by atoms with van der Waals surface area (Å²) in [6.45, 7) is 5.98. The molecule has 0 fully saturated rings. The number of rotatable bonds is 8. The van der Waals surface area contributed by atoms with Gasteiger partial charge in [0.25, 0.3) is 5.91 Å². The second-order valence-corrected chi connectivity index (χ2v) is 7.87. The molecule has 0 saturated carbocycles. The summed E-state index contributed by atoms with van der Waals surface area (Å²) >= 11 is 0. The summed E-state index contributed by atoms with van der Waals surface area (Å²) in [6, 6.07) is 12.6. The van der Waals surface area contributed by atoms with E-state index in [0.29, 0.717) is 48.0 Å². The Balaban J connectivity index is 1.84. The van der Waals surface area contributed by atoms with Gasteiger partial charge in [-0.25, -0.2) is 4.99 Å². The molecule has 168 valence electrons. The number of benzene rings is 2. The molecule has 2 amide bonds. The number of carbonyl (C=O) groups is 2. The SMILES string of the molecule is CCCN(CCC)C(=O)C1=Cc2ccc(C(=O)Nc3ccc(CN)cc3)cc2N=C(N)C1. The van der Waals surface area contributed by atoms with E-state index >= 15 is 0 Å². The number of carbonyl (C=O) groups excluding carboxylic acids is 2. The second-order valence-electron chi connectivity index (χ2n) is 7.87. The number of fused-ring (bicyclic) bond motifs is 1. The van der Waals surface area contributed by atoms with E-state index in [4.69, 9.17) is 11.5 Å².